The van der Waals surface area contributed by atoms with Crippen LogP contribution in [-0.2, 0) is 16.0 Å². The number of unbranched alkanes of at least 4 members (excludes halogenated alkanes) is 2. The molecule has 2 heterocycles. The van der Waals surface area contributed by atoms with Crippen LogP contribution in [0.4, 0.5) is 0 Å². The highest BCUT2D eigenvalue weighted by atomic mass is 16.2. The number of rotatable bonds is 7. The van der Waals surface area contributed by atoms with Gasteiger partial charge >= 0.3 is 0 Å². The van der Waals surface area contributed by atoms with Gasteiger partial charge in [0.2, 0.25) is 11.8 Å². The van der Waals surface area contributed by atoms with Gasteiger partial charge in [0.1, 0.15) is 6.04 Å². The van der Waals surface area contributed by atoms with Crippen molar-refractivity contribution in [3.8, 4) is 0 Å². The summed E-state index contributed by atoms with van der Waals surface area (Å²) in [7, 11) is 0. The molecule has 0 spiro atoms. The number of nitrogens with two attached hydrogens (primary N) is 1. The van der Waals surface area contributed by atoms with Crippen LogP contribution in [0.15, 0.2) is 30.5 Å². The highest BCUT2D eigenvalue weighted by molar-refractivity contribution is 5.95. The van der Waals surface area contributed by atoms with E-state index in [9.17, 15) is 9.59 Å². The first-order valence-electron chi connectivity index (χ1n) is 8.52. The first-order chi connectivity index (χ1) is 11.7. The Morgan fingerprint density at radius 3 is 2.83 bits per heavy atom. The van der Waals surface area contributed by atoms with Gasteiger partial charge in [-0.05, 0) is 31.0 Å². The van der Waals surface area contributed by atoms with Crippen molar-refractivity contribution in [3.63, 3.8) is 0 Å². The normalized spacial score (nSPS) is 18.2. The third-order valence-corrected chi connectivity index (χ3v) is 4.51. The van der Waals surface area contributed by atoms with Gasteiger partial charge in [0.05, 0.1) is 6.54 Å². The standard InChI is InChI=1S/C18H24N4O2/c19-8-4-1-5-9-22-12-17(23)21-16(18(22)24)10-13-11-20-15-7-3-2-6-14(13)15/h2-3,6-7,11,16,20H,1,4-5,8-10,12,19H2,(H,21,23)/t16-/m0/s1. The Hall–Kier alpha value is -2.34. The number of benzene rings is 1. The van der Waals surface area contributed by atoms with E-state index in [0.29, 0.717) is 19.5 Å². The summed E-state index contributed by atoms with van der Waals surface area (Å²) < 4.78 is 0. The van der Waals surface area contributed by atoms with Crippen molar-refractivity contribution < 1.29 is 9.59 Å². The Kier molecular flexibility index (Phi) is 5.15. The maximum Gasteiger partial charge on any atom is 0.245 e. The molecule has 0 radical (unpaired) electrons. The van der Waals surface area contributed by atoms with Crippen molar-refractivity contribution in [3.05, 3.63) is 36.0 Å². The van der Waals surface area contributed by atoms with Crippen molar-refractivity contribution in [1.82, 2.24) is 15.2 Å². The van der Waals surface area contributed by atoms with Gasteiger partial charge in [0.15, 0.2) is 0 Å². The van der Waals surface area contributed by atoms with Gasteiger partial charge in [-0.1, -0.05) is 24.6 Å². The van der Waals surface area contributed by atoms with Crippen LogP contribution in [0, 0.1) is 0 Å². The average molecular weight is 328 g/mol. The molecule has 0 aliphatic carbocycles. The number of piperazine rings is 1. The van der Waals surface area contributed by atoms with Crippen LogP contribution < -0.4 is 11.1 Å². The number of aromatic amines is 1. The summed E-state index contributed by atoms with van der Waals surface area (Å²) in [4.78, 5) is 29.5. The average Bonchev–Trinajstić information content (AvgIpc) is 2.99. The molecule has 24 heavy (non-hydrogen) atoms. The van der Waals surface area contributed by atoms with Gasteiger partial charge in [-0.2, -0.15) is 0 Å². The fourth-order valence-corrected chi connectivity index (χ4v) is 3.25. The number of fused-ring (bicyclic) bond motifs is 1. The largest absolute Gasteiger partial charge is 0.361 e. The second-order valence-electron chi connectivity index (χ2n) is 6.29. The molecule has 1 aromatic heterocycles. The van der Waals surface area contributed by atoms with Crippen LogP contribution in [0.25, 0.3) is 10.9 Å². The lowest BCUT2D eigenvalue weighted by Gasteiger charge is -2.32. The van der Waals surface area contributed by atoms with Gasteiger partial charge < -0.3 is 20.9 Å². The molecule has 0 bridgehead atoms. The number of hydrogen-bond acceptors (Lipinski definition) is 3. The van der Waals surface area contributed by atoms with Gasteiger partial charge in [-0.3, -0.25) is 9.59 Å². The van der Waals surface area contributed by atoms with Gasteiger partial charge in [-0.25, -0.2) is 0 Å². The minimum Gasteiger partial charge on any atom is -0.361 e. The molecular formula is C18H24N4O2. The molecule has 1 saturated heterocycles. The lowest BCUT2D eigenvalue weighted by molar-refractivity contribution is -0.144. The molecule has 6 nitrogen and oxygen atoms in total. The summed E-state index contributed by atoms with van der Waals surface area (Å²) in [6.07, 6.45) is 5.25. The van der Waals surface area contributed by atoms with E-state index in [1.54, 1.807) is 4.90 Å². The van der Waals surface area contributed by atoms with Gasteiger partial charge in [0, 0.05) is 30.1 Å². The van der Waals surface area contributed by atoms with Crippen LogP contribution in [0.2, 0.25) is 0 Å². The minimum atomic E-state index is -0.486. The van der Waals surface area contributed by atoms with Crippen LogP contribution in [0.5, 0.6) is 0 Å². The lowest BCUT2D eigenvalue weighted by Crippen LogP contribution is -2.58. The van der Waals surface area contributed by atoms with E-state index in [0.717, 1.165) is 35.7 Å². The van der Waals surface area contributed by atoms with Crippen molar-refractivity contribution >= 4 is 22.7 Å². The van der Waals surface area contributed by atoms with Gasteiger partial charge in [0.25, 0.3) is 0 Å². The highest BCUT2D eigenvalue weighted by Crippen LogP contribution is 2.20. The summed E-state index contributed by atoms with van der Waals surface area (Å²) >= 11 is 0. The predicted octanol–water partition coefficient (Wildman–Crippen LogP) is 1.17. The second-order valence-corrected chi connectivity index (χ2v) is 6.29. The molecule has 2 amide bonds. The molecule has 6 heteroatoms. The summed E-state index contributed by atoms with van der Waals surface area (Å²) in [6, 6.07) is 7.49. The fourth-order valence-electron chi connectivity index (χ4n) is 3.25. The van der Waals surface area contributed by atoms with Crippen molar-refractivity contribution in [2.24, 2.45) is 5.73 Å². The molecule has 1 aliphatic heterocycles. The first kappa shape index (κ1) is 16.5. The molecular weight excluding hydrogens is 304 g/mol. The number of carbonyl (C=O) groups is 2. The summed E-state index contributed by atoms with van der Waals surface area (Å²) in [6.45, 7) is 1.44. The van der Waals surface area contributed by atoms with E-state index in [-0.39, 0.29) is 18.4 Å². The number of amides is 2. The summed E-state index contributed by atoms with van der Waals surface area (Å²) in [5.41, 5.74) is 7.59. The molecule has 0 saturated carbocycles. The van der Waals surface area contributed by atoms with E-state index >= 15 is 0 Å². The Morgan fingerprint density at radius 2 is 2.00 bits per heavy atom. The van der Waals surface area contributed by atoms with E-state index in [1.165, 1.54) is 0 Å². The van der Waals surface area contributed by atoms with Crippen molar-refractivity contribution in [2.75, 3.05) is 19.6 Å². The highest BCUT2D eigenvalue weighted by Gasteiger charge is 2.32. The Labute approximate surface area is 141 Å². The summed E-state index contributed by atoms with van der Waals surface area (Å²) in [5.74, 6) is -0.0779. The zero-order valence-electron chi connectivity index (χ0n) is 13.8. The number of aromatic nitrogens is 1. The lowest BCUT2D eigenvalue weighted by atomic mass is 10.0. The molecule has 0 unspecified atom stereocenters. The zero-order chi connectivity index (χ0) is 16.9. The van der Waals surface area contributed by atoms with E-state index in [4.69, 9.17) is 5.73 Å². The van der Waals surface area contributed by atoms with Crippen molar-refractivity contribution in [1.29, 1.82) is 0 Å². The quantitative estimate of drug-likeness (QED) is 0.666. The molecule has 1 fully saturated rings. The predicted molar refractivity (Wildman–Crippen MR) is 93.4 cm³/mol. The number of nitrogens with zero attached hydrogens (tertiary/aromatic N) is 1. The maximum absolute atomic E-state index is 12.7. The number of H-pyrrole nitrogens is 1. The van der Waals surface area contributed by atoms with Crippen molar-refractivity contribution in [2.45, 2.75) is 31.7 Å². The molecule has 1 aromatic carbocycles. The SMILES string of the molecule is NCCCCCN1CC(=O)N[C@@H](Cc2c[nH]c3ccccc23)C1=O. The third kappa shape index (κ3) is 3.59. The number of hydrogen-bond donors (Lipinski definition) is 3. The smallest absolute Gasteiger partial charge is 0.245 e. The molecule has 128 valence electrons. The van der Waals surface area contributed by atoms with Gasteiger partial charge in [-0.15, -0.1) is 0 Å². The Balaban J connectivity index is 1.68. The van der Waals surface area contributed by atoms with E-state index in [2.05, 4.69) is 10.3 Å². The first-order valence-corrected chi connectivity index (χ1v) is 8.52. The topological polar surface area (TPSA) is 91.2 Å². The van der Waals surface area contributed by atoms with E-state index in [1.807, 2.05) is 30.5 Å². The zero-order valence-corrected chi connectivity index (χ0v) is 13.8. The second kappa shape index (κ2) is 7.49. The Bertz CT molecular complexity index is 725. The van der Waals surface area contributed by atoms with E-state index < -0.39 is 6.04 Å². The maximum atomic E-state index is 12.7. The number of nitrogens with one attached hydrogen (secondary N) is 2. The molecule has 2 aromatic rings. The van der Waals surface area contributed by atoms with Crippen LogP contribution in [0.1, 0.15) is 24.8 Å². The minimum absolute atomic E-state index is 0.00706. The molecule has 3 rings (SSSR count). The van der Waals surface area contributed by atoms with Crippen LogP contribution >= 0.6 is 0 Å². The Morgan fingerprint density at radius 1 is 1.17 bits per heavy atom. The number of para-hydroxylation sites is 1. The fraction of sp³-hybridized carbons (Fsp3) is 0.444. The molecule has 1 aliphatic rings. The monoisotopic (exact) mass is 328 g/mol. The summed E-state index contributed by atoms with van der Waals surface area (Å²) in [5, 5.41) is 3.93. The van der Waals surface area contributed by atoms with Crippen LogP contribution in [0.3, 0.4) is 0 Å². The molecule has 1 atom stereocenters. The third-order valence-electron chi connectivity index (χ3n) is 4.51. The van der Waals surface area contributed by atoms with Crippen LogP contribution in [-0.4, -0.2) is 47.4 Å². The molecule has 4 N–H and O–H groups in total. The number of carbonyl (C=O) groups excluding carboxylic acids is 2.